The van der Waals surface area contributed by atoms with Crippen LogP contribution in [0, 0.1) is 0 Å². The average Bonchev–Trinajstić information content (AvgIpc) is 2.38. The molecule has 1 aromatic carbocycles. The van der Waals surface area contributed by atoms with E-state index in [1.54, 1.807) is 13.2 Å². The number of halogens is 3. The van der Waals surface area contributed by atoms with Gasteiger partial charge in [0.25, 0.3) is 0 Å². The summed E-state index contributed by atoms with van der Waals surface area (Å²) in [5.41, 5.74) is -0.651. The van der Waals surface area contributed by atoms with Gasteiger partial charge in [0.1, 0.15) is 6.10 Å². The van der Waals surface area contributed by atoms with Crippen molar-refractivity contribution in [1.82, 2.24) is 0 Å². The average molecular weight is 273 g/mol. The molecule has 0 aliphatic heterocycles. The Hall–Kier alpha value is -1.17. The van der Waals surface area contributed by atoms with Crippen LogP contribution in [0.5, 0.6) is 5.75 Å². The van der Waals surface area contributed by atoms with Gasteiger partial charge < -0.3 is 22.4 Å². The minimum absolute atomic E-state index is 0.0586. The van der Waals surface area contributed by atoms with E-state index in [0.29, 0.717) is 6.42 Å². The van der Waals surface area contributed by atoms with Crippen LogP contribution in [0.2, 0.25) is 0 Å². The number of methoxy groups -OCH3 is 1. The van der Waals surface area contributed by atoms with Crippen LogP contribution in [0.25, 0.3) is 0 Å². The Kier molecular flexibility index (Phi) is 4.40. The molecule has 6 heteroatoms. The third kappa shape index (κ3) is 3.66. The molecule has 0 bridgehead atoms. The number of rotatable bonds is 4. The zero-order valence-electron chi connectivity index (χ0n) is 10.8. The summed E-state index contributed by atoms with van der Waals surface area (Å²) in [7, 11) is 1.62. The quantitative estimate of drug-likeness (QED) is 0.785. The van der Waals surface area contributed by atoms with Gasteiger partial charge in [-0.25, -0.2) is 0 Å². The van der Waals surface area contributed by atoms with E-state index in [0.717, 1.165) is 25.3 Å². The Balaban J connectivity index is 2.11. The van der Waals surface area contributed by atoms with Crippen molar-refractivity contribution < 1.29 is 22.4 Å². The first-order valence-corrected chi connectivity index (χ1v) is 6.49. The number of para-hydroxylation sites is 1. The second-order valence-electron chi connectivity index (χ2n) is 4.88. The summed E-state index contributed by atoms with van der Waals surface area (Å²) in [5, 5.41) is 0. The van der Waals surface area contributed by atoms with E-state index in [2.05, 4.69) is 0 Å². The number of hydrogen-bond donors (Lipinski definition) is 0. The standard InChI is InChI=1S/C13H17BF3O2/c1-18-10-5-4-6-11(9-10)19-13-8-3-2-7-12(13)14(15,16)17/h2-3,7-8,10-11H,4-6,9H2,1H3/q-1. The van der Waals surface area contributed by atoms with Crippen LogP contribution < -0.4 is 10.2 Å². The molecule has 19 heavy (non-hydrogen) atoms. The van der Waals surface area contributed by atoms with E-state index < -0.39 is 12.4 Å². The molecule has 1 aliphatic carbocycles. The minimum atomic E-state index is -5.04. The zero-order valence-corrected chi connectivity index (χ0v) is 10.8. The molecule has 2 rings (SSSR count). The highest BCUT2D eigenvalue weighted by Gasteiger charge is 2.30. The summed E-state index contributed by atoms with van der Waals surface area (Å²) in [5.74, 6) is -0.0586. The summed E-state index contributed by atoms with van der Waals surface area (Å²) >= 11 is 0. The molecule has 2 unspecified atom stereocenters. The second-order valence-corrected chi connectivity index (χ2v) is 4.88. The van der Waals surface area contributed by atoms with E-state index in [9.17, 15) is 12.9 Å². The highest BCUT2D eigenvalue weighted by atomic mass is 19.4. The maximum atomic E-state index is 12.9. The lowest BCUT2D eigenvalue weighted by atomic mass is 9.79. The summed E-state index contributed by atoms with van der Waals surface area (Å²) in [6.45, 7) is -5.04. The van der Waals surface area contributed by atoms with Crippen LogP contribution in [-0.4, -0.2) is 26.3 Å². The van der Waals surface area contributed by atoms with Gasteiger partial charge in [-0.2, -0.15) is 0 Å². The van der Waals surface area contributed by atoms with Crippen LogP contribution in [0.1, 0.15) is 25.7 Å². The number of benzene rings is 1. The van der Waals surface area contributed by atoms with Crippen molar-refractivity contribution >= 4 is 12.4 Å². The SMILES string of the molecule is COC1CCCC(Oc2ccccc2[B-](F)(F)F)C1. The smallest absolute Gasteiger partial charge is 0.493 e. The van der Waals surface area contributed by atoms with E-state index in [1.165, 1.54) is 12.1 Å². The van der Waals surface area contributed by atoms with Crippen molar-refractivity contribution in [3.63, 3.8) is 0 Å². The molecular formula is C13H17BF3O2-. The number of ether oxygens (including phenoxy) is 2. The highest BCUT2D eigenvalue weighted by Crippen LogP contribution is 2.26. The predicted octanol–water partition coefficient (Wildman–Crippen LogP) is 3.08. The molecule has 0 amide bonds. The van der Waals surface area contributed by atoms with Gasteiger partial charge in [0, 0.05) is 13.5 Å². The monoisotopic (exact) mass is 273 g/mol. The fourth-order valence-electron chi connectivity index (χ4n) is 2.46. The molecule has 1 fully saturated rings. The first-order chi connectivity index (χ1) is 9.00. The molecule has 0 saturated heterocycles. The molecule has 0 radical (unpaired) electrons. The van der Waals surface area contributed by atoms with Crippen LogP contribution in [0.4, 0.5) is 12.9 Å². The lowest BCUT2D eigenvalue weighted by molar-refractivity contribution is 0.0212. The summed E-state index contributed by atoms with van der Waals surface area (Å²) in [6, 6.07) is 5.42. The fourth-order valence-corrected chi connectivity index (χ4v) is 2.46. The van der Waals surface area contributed by atoms with Gasteiger partial charge in [0.2, 0.25) is 0 Å². The molecule has 1 saturated carbocycles. The van der Waals surface area contributed by atoms with Crippen molar-refractivity contribution in [2.45, 2.75) is 37.9 Å². The van der Waals surface area contributed by atoms with Crippen LogP contribution in [0.15, 0.2) is 24.3 Å². The molecule has 2 atom stereocenters. The maximum Gasteiger partial charge on any atom is 0.513 e. The van der Waals surface area contributed by atoms with Crippen LogP contribution in [0.3, 0.4) is 0 Å². The third-order valence-electron chi connectivity index (χ3n) is 3.48. The van der Waals surface area contributed by atoms with Crippen molar-refractivity contribution in [3.8, 4) is 5.75 Å². The van der Waals surface area contributed by atoms with Gasteiger partial charge in [-0.15, -0.1) is 0 Å². The molecule has 2 nitrogen and oxygen atoms in total. The van der Waals surface area contributed by atoms with Crippen molar-refractivity contribution in [2.75, 3.05) is 7.11 Å². The Bertz CT molecular complexity index is 423. The summed E-state index contributed by atoms with van der Waals surface area (Å²) in [6.07, 6.45) is 3.18. The van der Waals surface area contributed by atoms with Crippen molar-refractivity contribution in [1.29, 1.82) is 0 Å². The summed E-state index contributed by atoms with van der Waals surface area (Å²) < 4.78 is 49.5. The second kappa shape index (κ2) is 5.86. The van der Waals surface area contributed by atoms with Gasteiger partial charge in [0.05, 0.1) is 11.9 Å². The number of hydrogen-bond acceptors (Lipinski definition) is 2. The first kappa shape index (κ1) is 14.2. The zero-order chi connectivity index (χ0) is 13.9. The first-order valence-electron chi connectivity index (χ1n) is 6.49. The molecule has 0 N–H and O–H groups in total. The fraction of sp³-hybridized carbons (Fsp3) is 0.538. The van der Waals surface area contributed by atoms with Gasteiger partial charge in [-0.3, -0.25) is 0 Å². The van der Waals surface area contributed by atoms with Crippen molar-refractivity contribution in [3.05, 3.63) is 24.3 Å². The van der Waals surface area contributed by atoms with E-state index in [-0.39, 0.29) is 18.0 Å². The predicted molar refractivity (Wildman–Crippen MR) is 68.8 cm³/mol. The Morgan fingerprint density at radius 3 is 2.47 bits per heavy atom. The molecule has 0 heterocycles. The highest BCUT2D eigenvalue weighted by molar-refractivity contribution is 6.74. The lowest BCUT2D eigenvalue weighted by Crippen LogP contribution is -2.37. The van der Waals surface area contributed by atoms with Gasteiger partial charge in [-0.05, 0) is 25.3 Å². The molecule has 1 aromatic rings. The topological polar surface area (TPSA) is 18.5 Å². The Morgan fingerprint density at radius 2 is 1.79 bits per heavy atom. The lowest BCUT2D eigenvalue weighted by Gasteiger charge is -2.30. The normalized spacial score (nSPS) is 24.2. The minimum Gasteiger partial charge on any atom is -0.493 e. The Labute approximate surface area is 111 Å². The molecule has 0 spiro atoms. The summed E-state index contributed by atoms with van der Waals surface area (Å²) in [4.78, 5) is 0. The van der Waals surface area contributed by atoms with E-state index in [1.807, 2.05) is 0 Å². The van der Waals surface area contributed by atoms with E-state index >= 15 is 0 Å². The Morgan fingerprint density at radius 1 is 1.11 bits per heavy atom. The molecular weight excluding hydrogens is 256 g/mol. The van der Waals surface area contributed by atoms with Gasteiger partial charge in [-0.1, -0.05) is 23.7 Å². The largest absolute Gasteiger partial charge is 0.513 e. The van der Waals surface area contributed by atoms with E-state index in [4.69, 9.17) is 9.47 Å². The molecule has 0 aromatic heterocycles. The van der Waals surface area contributed by atoms with Crippen LogP contribution >= 0.6 is 0 Å². The maximum absolute atomic E-state index is 12.9. The van der Waals surface area contributed by atoms with Gasteiger partial charge >= 0.3 is 6.98 Å². The molecule has 1 aliphatic rings. The van der Waals surface area contributed by atoms with Gasteiger partial charge in [0.15, 0.2) is 0 Å². The van der Waals surface area contributed by atoms with Crippen LogP contribution in [-0.2, 0) is 4.74 Å². The molecule has 106 valence electrons. The van der Waals surface area contributed by atoms with Crippen molar-refractivity contribution in [2.24, 2.45) is 0 Å². The third-order valence-corrected chi connectivity index (χ3v) is 3.48.